The van der Waals surface area contributed by atoms with Gasteiger partial charge in [-0.2, -0.15) is 0 Å². The van der Waals surface area contributed by atoms with Gasteiger partial charge in [-0.15, -0.1) is 0 Å². The average molecular weight is 336 g/mol. The molecule has 1 aromatic carbocycles. The van der Waals surface area contributed by atoms with Gasteiger partial charge in [0.25, 0.3) is 0 Å². The molecule has 0 heterocycles. The number of rotatable bonds is 4. The highest BCUT2D eigenvalue weighted by Crippen LogP contribution is 2.45. The van der Waals surface area contributed by atoms with Crippen molar-refractivity contribution in [3.8, 4) is 0 Å². The minimum Gasteiger partial charge on any atom is -0.376 e. The maximum atomic E-state index is 11.7. The van der Waals surface area contributed by atoms with Crippen molar-refractivity contribution in [1.29, 1.82) is 0 Å². The van der Waals surface area contributed by atoms with E-state index in [9.17, 15) is 10.1 Å². The number of nitrogens with two attached hydrogens (primary N) is 3. The Morgan fingerprint density at radius 2 is 1.91 bits per heavy atom. The van der Waals surface area contributed by atoms with E-state index in [1.54, 1.807) is 12.1 Å². The Hall–Kier alpha value is -2.42. The number of nitro benzene ring substituents is 1. The first-order valence-electron chi connectivity index (χ1n) is 7.37. The lowest BCUT2D eigenvalue weighted by atomic mass is 9.83. The summed E-state index contributed by atoms with van der Waals surface area (Å²) in [6.45, 7) is 0. The quantitative estimate of drug-likeness (QED) is 0.217. The zero-order chi connectivity index (χ0) is 17.0. The number of aliphatic imine (C=N–C) groups is 1. The highest BCUT2D eigenvalue weighted by Gasteiger charge is 2.29. The summed E-state index contributed by atoms with van der Waals surface area (Å²) in [7, 11) is 0. The molecule has 124 valence electrons. The Labute approximate surface area is 139 Å². The molecule has 0 aromatic heterocycles. The highest BCUT2D eigenvalue weighted by molar-refractivity contribution is 7.80. The SMILES string of the molecule is NC(=S)Nc1ccc(C2CCCCC2)c([N+](=O)[O-])c1N=C(N)N. The molecule has 1 aromatic rings. The van der Waals surface area contributed by atoms with Crippen LogP contribution in [0.2, 0.25) is 0 Å². The highest BCUT2D eigenvalue weighted by atomic mass is 32.1. The van der Waals surface area contributed by atoms with Crippen molar-refractivity contribution in [3.05, 3.63) is 27.8 Å². The van der Waals surface area contributed by atoms with Crippen molar-refractivity contribution in [1.82, 2.24) is 0 Å². The summed E-state index contributed by atoms with van der Waals surface area (Å²) in [6, 6.07) is 3.42. The molecule has 0 bridgehead atoms. The summed E-state index contributed by atoms with van der Waals surface area (Å²) in [5.41, 5.74) is 17.3. The van der Waals surface area contributed by atoms with Gasteiger partial charge in [-0.25, -0.2) is 4.99 Å². The fourth-order valence-electron chi connectivity index (χ4n) is 3.01. The van der Waals surface area contributed by atoms with Gasteiger partial charge in [-0.3, -0.25) is 10.1 Å². The molecule has 9 heteroatoms. The van der Waals surface area contributed by atoms with Crippen LogP contribution in [-0.2, 0) is 0 Å². The first kappa shape index (κ1) is 16.9. The van der Waals surface area contributed by atoms with E-state index in [2.05, 4.69) is 10.3 Å². The molecule has 0 saturated heterocycles. The molecule has 0 aliphatic heterocycles. The van der Waals surface area contributed by atoms with Gasteiger partial charge in [-0.1, -0.05) is 19.3 Å². The summed E-state index contributed by atoms with van der Waals surface area (Å²) in [4.78, 5) is 15.2. The fourth-order valence-corrected chi connectivity index (χ4v) is 3.12. The van der Waals surface area contributed by atoms with E-state index in [1.807, 2.05) is 0 Å². The topological polar surface area (TPSA) is 146 Å². The summed E-state index contributed by atoms with van der Waals surface area (Å²) >= 11 is 4.80. The minimum atomic E-state index is -0.448. The molecule has 0 amide bonds. The molecule has 1 aliphatic carbocycles. The molecule has 1 saturated carbocycles. The molecule has 1 aliphatic rings. The van der Waals surface area contributed by atoms with Crippen LogP contribution >= 0.6 is 12.2 Å². The van der Waals surface area contributed by atoms with Crippen LogP contribution < -0.4 is 22.5 Å². The molecule has 8 nitrogen and oxygen atoms in total. The Bertz CT molecular complexity index is 651. The van der Waals surface area contributed by atoms with E-state index in [0.29, 0.717) is 11.3 Å². The first-order valence-corrected chi connectivity index (χ1v) is 7.78. The Morgan fingerprint density at radius 3 is 2.43 bits per heavy atom. The van der Waals surface area contributed by atoms with Crippen LogP contribution in [0.15, 0.2) is 17.1 Å². The second-order valence-corrected chi connectivity index (χ2v) is 5.96. The Morgan fingerprint density at radius 1 is 1.26 bits per heavy atom. The molecule has 7 N–H and O–H groups in total. The monoisotopic (exact) mass is 336 g/mol. The van der Waals surface area contributed by atoms with E-state index >= 15 is 0 Å². The lowest BCUT2D eigenvalue weighted by Gasteiger charge is -2.22. The Kier molecular flexibility index (Phi) is 5.32. The maximum Gasteiger partial charge on any atom is 0.300 e. The Balaban J connectivity index is 2.62. The summed E-state index contributed by atoms with van der Waals surface area (Å²) in [5.74, 6) is -0.129. The van der Waals surface area contributed by atoms with Gasteiger partial charge in [0.1, 0.15) is 0 Å². The maximum absolute atomic E-state index is 11.7. The number of nitrogens with one attached hydrogen (secondary N) is 1. The molecule has 0 spiro atoms. The number of anilines is 1. The predicted octanol–water partition coefficient (Wildman–Crippen LogP) is 2.20. The van der Waals surface area contributed by atoms with Gasteiger partial charge in [0.05, 0.1) is 10.6 Å². The smallest absolute Gasteiger partial charge is 0.300 e. The number of thiocarbonyl (C=S) groups is 1. The van der Waals surface area contributed by atoms with Gasteiger partial charge in [0, 0.05) is 5.56 Å². The molecule has 0 unspecified atom stereocenters. The first-order chi connectivity index (χ1) is 10.9. The second kappa shape index (κ2) is 7.23. The van der Waals surface area contributed by atoms with Crippen molar-refractivity contribution >= 4 is 40.4 Å². The normalized spacial score (nSPS) is 15.0. The average Bonchev–Trinajstić information content (AvgIpc) is 2.48. The van der Waals surface area contributed by atoms with Crippen LogP contribution in [0.3, 0.4) is 0 Å². The third kappa shape index (κ3) is 4.07. The number of guanidine groups is 1. The predicted molar refractivity (Wildman–Crippen MR) is 94.8 cm³/mol. The van der Waals surface area contributed by atoms with Gasteiger partial charge in [-0.05, 0) is 43.1 Å². The van der Waals surface area contributed by atoms with E-state index in [-0.39, 0.29) is 28.4 Å². The van der Waals surface area contributed by atoms with E-state index < -0.39 is 4.92 Å². The van der Waals surface area contributed by atoms with Crippen LogP contribution in [0.1, 0.15) is 43.6 Å². The number of nitro groups is 1. The minimum absolute atomic E-state index is 0.0169. The zero-order valence-corrected chi connectivity index (χ0v) is 13.4. The molecular formula is C14H20N6O2S. The summed E-state index contributed by atoms with van der Waals surface area (Å²) in [5, 5.41) is 14.3. The third-order valence-corrected chi connectivity index (χ3v) is 4.01. The number of nitrogens with zero attached hydrogens (tertiary/aromatic N) is 2. The summed E-state index contributed by atoms with van der Waals surface area (Å²) < 4.78 is 0. The molecule has 0 atom stereocenters. The number of hydrogen-bond acceptors (Lipinski definition) is 4. The summed E-state index contributed by atoms with van der Waals surface area (Å²) in [6.07, 6.45) is 5.12. The van der Waals surface area contributed by atoms with E-state index in [4.69, 9.17) is 29.4 Å². The molecule has 1 fully saturated rings. The van der Waals surface area contributed by atoms with Gasteiger partial charge < -0.3 is 22.5 Å². The fraction of sp³-hybridized carbons (Fsp3) is 0.429. The molecule has 2 rings (SSSR count). The van der Waals surface area contributed by atoms with Crippen LogP contribution in [-0.4, -0.2) is 16.0 Å². The van der Waals surface area contributed by atoms with Crippen LogP contribution in [0.5, 0.6) is 0 Å². The van der Waals surface area contributed by atoms with Crippen molar-refractivity contribution in [2.45, 2.75) is 38.0 Å². The van der Waals surface area contributed by atoms with Gasteiger partial charge in [0.15, 0.2) is 16.8 Å². The van der Waals surface area contributed by atoms with Crippen LogP contribution in [0.25, 0.3) is 0 Å². The van der Waals surface area contributed by atoms with Gasteiger partial charge in [0.2, 0.25) is 0 Å². The third-order valence-electron chi connectivity index (χ3n) is 3.91. The number of hydrogen-bond donors (Lipinski definition) is 4. The van der Waals surface area contributed by atoms with Crippen LogP contribution in [0.4, 0.5) is 17.1 Å². The molecule has 23 heavy (non-hydrogen) atoms. The number of benzene rings is 1. The zero-order valence-electron chi connectivity index (χ0n) is 12.6. The lowest BCUT2D eigenvalue weighted by Crippen LogP contribution is -2.23. The van der Waals surface area contributed by atoms with E-state index in [1.165, 1.54) is 0 Å². The van der Waals surface area contributed by atoms with Crippen molar-refractivity contribution < 1.29 is 4.92 Å². The van der Waals surface area contributed by atoms with Crippen molar-refractivity contribution in [2.24, 2.45) is 22.2 Å². The van der Waals surface area contributed by atoms with Crippen molar-refractivity contribution in [2.75, 3.05) is 5.32 Å². The standard InChI is InChI=1S/C14H20N6O2S/c15-13(16)19-11-10(18-14(17)23)7-6-9(12(11)20(21)22)8-4-2-1-3-5-8/h6-8H,1-5H2,(H4,15,16,19)(H3,17,18,23). The van der Waals surface area contributed by atoms with Crippen molar-refractivity contribution in [3.63, 3.8) is 0 Å². The van der Waals surface area contributed by atoms with Crippen LogP contribution in [0, 0.1) is 10.1 Å². The largest absolute Gasteiger partial charge is 0.376 e. The lowest BCUT2D eigenvalue weighted by molar-refractivity contribution is -0.384. The van der Waals surface area contributed by atoms with E-state index in [0.717, 1.165) is 32.1 Å². The molecular weight excluding hydrogens is 316 g/mol. The second-order valence-electron chi connectivity index (χ2n) is 5.52. The molecule has 0 radical (unpaired) electrons. The van der Waals surface area contributed by atoms with Gasteiger partial charge >= 0.3 is 5.69 Å².